The monoisotopic (exact) mass is 248 g/mol. The van der Waals surface area contributed by atoms with Crippen molar-refractivity contribution in [1.29, 1.82) is 0 Å². The Labute approximate surface area is 95.6 Å². The van der Waals surface area contributed by atoms with Crippen LogP contribution in [-0.2, 0) is 13.6 Å². The van der Waals surface area contributed by atoms with Gasteiger partial charge >= 0.3 is 12.9 Å². The van der Waals surface area contributed by atoms with Gasteiger partial charge < -0.3 is 9.05 Å². The van der Waals surface area contributed by atoms with E-state index >= 15 is 0 Å². The van der Waals surface area contributed by atoms with E-state index in [-0.39, 0.29) is 5.41 Å². The Morgan fingerprint density at radius 1 is 1.31 bits per heavy atom. The summed E-state index contributed by atoms with van der Waals surface area (Å²) >= 11 is 0. The fraction of sp³-hybridized carbons (Fsp3) is 0.900. The molecule has 0 spiro atoms. The lowest BCUT2D eigenvalue weighted by atomic mass is 9.97. The number of rotatable bonds is 1. The third-order valence-electron chi connectivity index (χ3n) is 3.25. The SMILES string of the molecule is CC1(C)COP(=O)(C2(C)CCC=[N+]2O)OC1. The summed E-state index contributed by atoms with van der Waals surface area (Å²) in [5, 5.41) is 8.81. The maximum Gasteiger partial charge on any atom is 0.405 e. The second-order valence-corrected chi connectivity index (χ2v) is 7.97. The third kappa shape index (κ3) is 1.71. The van der Waals surface area contributed by atoms with Gasteiger partial charge in [0.25, 0.3) is 0 Å². The number of hydrogen-bond donors (Lipinski definition) is 1. The summed E-state index contributed by atoms with van der Waals surface area (Å²) in [7, 11) is -3.26. The zero-order valence-corrected chi connectivity index (χ0v) is 10.9. The molecule has 0 aromatic carbocycles. The zero-order chi connectivity index (χ0) is 12.0. The predicted molar refractivity (Wildman–Crippen MR) is 59.0 cm³/mol. The minimum Gasteiger partial charge on any atom is -0.303 e. The quantitative estimate of drug-likeness (QED) is 0.439. The average molecular weight is 248 g/mol. The molecule has 2 heterocycles. The summed E-state index contributed by atoms with van der Waals surface area (Å²) in [6.07, 6.45) is 2.89. The van der Waals surface area contributed by atoms with E-state index in [0.29, 0.717) is 26.1 Å². The Hall–Kier alpha value is -0.380. The van der Waals surface area contributed by atoms with Gasteiger partial charge in [-0.3, -0.25) is 9.77 Å². The van der Waals surface area contributed by atoms with Gasteiger partial charge in [-0.2, -0.15) is 0 Å². The molecule has 16 heavy (non-hydrogen) atoms. The molecule has 1 atom stereocenters. The van der Waals surface area contributed by atoms with Crippen LogP contribution in [0.2, 0.25) is 0 Å². The highest BCUT2D eigenvalue weighted by atomic mass is 31.2. The van der Waals surface area contributed by atoms with E-state index in [1.165, 1.54) is 0 Å². The maximum atomic E-state index is 12.6. The average Bonchev–Trinajstić information content (AvgIpc) is 2.54. The molecule has 1 N–H and O–H groups in total. The van der Waals surface area contributed by atoms with Crippen LogP contribution < -0.4 is 0 Å². The molecule has 6 heteroatoms. The van der Waals surface area contributed by atoms with Crippen molar-refractivity contribution in [3.05, 3.63) is 0 Å². The van der Waals surface area contributed by atoms with Gasteiger partial charge in [0.2, 0.25) is 0 Å². The van der Waals surface area contributed by atoms with E-state index in [1.807, 2.05) is 13.8 Å². The van der Waals surface area contributed by atoms with Crippen LogP contribution in [0.25, 0.3) is 0 Å². The highest BCUT2D eigenvalue weighted by molar-refractivity contribution is 7.55. The van der Waals surface area contributed by atoms with Gasteiger partial charge in [0.05, 0.1) is 13.2 Å². The Bertz CT molecular complexity index is 365. The molecule has 1 fully saturated rings. The van der Waals surface area contributed by atoms with Crippen LogP contribution in [-0.4, -0.2) is 34.7 Å². The normalized spacial score (nSPS) is 37.1. The first kappa shape index (κ1) is 12.1. The van der Waals surface area contributed by atoms with Crippen molar-refractivity contribution < 1.29 is 23.6 Å². The number of hydroxylamine groups is 1. The highest BCUT2D eigenvalue weighted by Crippen LogP contribution is 2.65. The molecule has 1 saturated heterocycles. The molecule has 0 radical (unpaired) electrons. The summed E-state index contributed by atoms with van der Waals surface area (Å²) in [5.41, 5.74) is -0.118. The van der Waals surface area contributed by atoms with Gasteiger partial charge in [-0.05, 0) is 4.74 Å². The largest absolute Gasteiger partial charge is 0.405 e. The van der Waals surface area contributed by atoms with Gasteiger partial charge in [-0.1, -0.05) is 13.8 Å². The van der Waals surface area contributed by atoms with E-state index in [0.717, 1.165) is 4.74 Å². The summed E-state index contributed by atoms with van der Waals surface area (Å²) in [6.45, 7) is 6.50. The lowest BCUT2D eigenvalue weighted by Gasteiger charge is -2.37. The lowest BCUT2D eigenvalue weighted by molar-refractivity contribution is -0.802. The Kier molecular flexibility index (Phi) is 2.69. The van der Waals surface area contributed by atoms with Crippen molar-refractivity contribution in [2.75, 3.05) is 13.2 Å². The molecule has 2 rings (SSSR count). The first-order valence-corrected chi connectivity index (χ1v) is 7.04. The van der Waals surface area contributed by atoms with Gasteiger partial charge in [0.1, 0.15) is 0 Å². The van der Waals surface area contributed by atoms with E-state index in [9.17, 15) is 9.77 Å². The number of nitrogens with zero attached hydrogens (tertiary/aromatic N) is 1. The van der Waals surface area contributed by atoms with Gasteiger partial charge in [0, 0.05) is 25.2 Å². The van der Waals surface area contributed by atoms with Crippen LogP contribution in [0.4, 0.5) is 0 Å². The number of hydrogen-bond acceptors (Lipinski definition) is 4. The Morgan fingerprint density at radius 3 is 2.31 bits per heavy atom. The Morgan fingerprint density at radius 2 is 1.88 bits per heavy atom. The highest BCUT2D eigenvalue weighted by Gasteiger charge is 2.62. The summed E-state index contributed by atoms with van der Waals surface area (Å²) in [6, 6.07) is 0. The smallest absolute Gasteiger partial charge is 0.303 e. The Balaban J connectivity index is 2.22. The van der Waals surface area contributed by atoms with Crippen LogP contribution >= 0.6 is 7.60 Å². The van der Waals surface area contributed by atoms with Gasteiger partial charge in [0.15, 0.2) is 6.21 Å². The van der Waals surface area contributed by atoms with Crippen molar-refractivity contribution in [3.8, 4) is 0 Å². The van der Waals surface area contributed by atoms with Gasteiger partial charge in [-0.25, -0.2) is 0 Å². The van der Waals surface area contributed by atoms with Gasteiger partial charge in [-0.15, -0.1) is 0 Å². The summed E-state index contributed by atoms with van der Waals surface area (Å²) < 4.78 is 24.5. The van der Waals surface area contributed by atoms with Crippen molar-refractivity contribution in [3.63, 3.8) is 0 Å². The molecule has 0 aromatic heterocycles. The lowest BCUT2D eigenvalue weighted by Crippen LogP contribution is -2.40. The standard InChI is InChI=1S/C10H19NO4P/c1-9(2)7-14-16(13,15-8-9)10(3)5-4-6-11(10)12/h6,12H,4-5,7-8H2,1-3H3/q+1. The van der Waals surface area contributed by atoms with E-state index in [4.69, 9.17) is 9.05 Å². The summed E-state index contributed by atoms with van der Waals surface area (Å²) in [5.74, 6) is 0. The topological polar surface area (TPSA) is 58.8 Å². The third-order valence-corrected chi connectivity index (χ3v) is 5.80. The maximum absolute atomic E-state index is 12.6. The molecule has 0 aromatic rings. The first-order valence-electron chi connectivity index (χ1n) is 5.50. The van der Waals surface area contributed by atoms with Crippen LogP contribution in [0.1, 0.15) is 33.6 Å². The molecule has 5 nitrogen and oxygen atoms in total. The van der Waals surface area contributed by atoms with Crippen LogP contribution in [0.3, 0.4) is 0 Å². The molecular formula is C10H19NO4P+. The predicted octanol–water partition coefficient (Wildman–Crippen LogP) is 2.24. The molecule has 2 aliphatic rings. The fourth-order valence-electron chi connectivity index (χ4n) is 1.91. The second kappa shape index (κ2) is 3.56. The molecule has 0 aliphatic carbocycles. The minimum atomic E-state index is -3.26. The van der Waals surface area contributed by atoms with E-state index in [1.54, 1.807) is 13.1 Å². The molecule has 1 unspecified atom stereocenters. The first-order chi connectivity index (χ1) is 7.29. The molecule has 0 bridgehead atoms. The molecular weight excluding hydrogens is 229 g/mol. The second-order valence-electron chi connectivity index (χ2n) is 5.49. The van der Waals surface area contributed by atoms with Crippen LogP contribution in [0.15, 0.2) is 0 Å². The van der Waals surface area contributed by atoms with E-state index in [2.05, 4.69) is 0 Å². The minimum absolute atomic E-state index is 0.118. The van der Waals surface area contributed by atoms with Crippen LogP contribution in [0, 0.1) is 5.41 Å². The zero-order valence-electron chi connectivity index (χ0n) is 9.97. The fourth-order valence-corrected chi connectivity index (χ4v) is 4.32. The van der Waals surface area contributed by atoms with Crippen LogP contribution in [0.5, 0.6) is 0 Å². The summed E-state index contributed by atoms with van der Waals surface area (Å²) in [4.78, 5) is 0. The van der Waals surface area contributed by atoms with Crippen molar-refractivity contribution in [2.24, 2.45) is 5.41 Å². The molecule has 2 aliphatic heterocycles. The van der Waals surface area contributed by atoms with Crippen molar-refractivity contribution in [1.82, 2.24) is 0 Å². The molecule has 0 saturated carbocycles. The molecule has 92 valence electrons. The van der Waals surface area contributed by atoms with E-state index < -0.39 is 12.9 Å². The van der Waals surface area contributed by atoms with Crippen molar-refractivity contribution in [2.45, 2.75) is 38.9 Å². The molecule has 0 amide bonds. The van der Waals surface area contributed by atoms with Crippen molar-refractivity contribution >= 4 is 13.8 Å².